The fourth-order valence-electron chi connectivity index (χ4n) is 3.55. The van der Waals surface area contributed by atoms with Gasteiger partial charge in [0, 0.05) is 11.1 Å². The molecule has 4 rings (SSSR count). The second-order valence-electron chi connectivity index (χ2n) is 6.86. The average Bonchev–Trinajstić information content (AvgIpc) is 2.71. The van der Waals surface area contributed by atoms with E-state index in [1.54, 1.807) is 0 Å². The van der Waals surface area contributed by atoms with Crippen LogP contribution in [0.15, 0.2) is 64.4 Å². The Morgan fingerprint density at radius 1 is 0.676 bits per heavy atom. The number of carbonyl (C=O) groups is 2. The zero-order chi connectivity index (χ0) is 23.4. The summed E-state index contributed by atoms with van der Waals surface area (Å²) >= 11 is 0. The van der Waals surface area contributed by atoms with E-state index < -0.39 is 52.8 Å². The van der Waals surface area contributed by atoms with E-state index in [0.29, 0.717) is 0 Å². The fraction of sp³-hybridized carbons (Fsp3) is 0. The molecule has 0 bridgehead atoms. The summed E-state index contributed by atoms with van der Waals surface area (Å²) in [5, 5.41) is 2.59. The van der Waals surface area contributed by atoms with Crippen LogP contribution < -0.4 is 11.1 Å². The molecule has 0 spiro atoms. The molecular weight excluding hydrogens is 506 g/mol. The van der Waals surface area contributed by atoms with E-state index in [-0.39, 0.29) is 87.2 Å². The maximum atomic E-state index is 13.2. The SMILES string of the molecule is Nc1c(S(=O)(=O)O)cc(Nc2ccccc2S(=O)(=O)O)c2c1C(=O)c1ccccc1C2=O.[NaH].[NaH]. The average molecular weight is 522 g/mol. The molecule has 5 N–H and O–H groups in total. The van der Waals surface area contributed by atoms with E-state index in [9.17, 15) is 35.5 Å². The summed E-state index contributed by atoms with van der Waals surface area (Å²) in [7, 11) is -9.64. The van der Waals surface area contributed by atoms with E-state index >= 15 is 0 Å². The van der Waals surface area contributed by atoms with Crippen molar-refractivity contribution >= 4 is 108 Å². The van der Waals surface area contributed by atoms with Gasteiger partial charge in [-0.3, -0.25) is 18.7 Å². The van der Waals surface area contributed by atoms with Gasteiger partial charge in [-0.2, -0.15) is 16.8 Å². The number of hydrogen-bond acceptors (Lipinski definition) is 8. The Balaban J connectivity index is 0.00000204. The van der Waals surface area contributed by atoms with Crippen molar-refractivity contribution in [2.45, 2.75) is 9.79 Å². The predicted octanol–water partition coefficient (Wildman–Crippen LogP) is 0.984. The molecule has 0 amide bonds. The topological polar surface area (TPSA) is 181 Å². The molecule has 0 fully saturated rings. The van der Waals surface area contributed by atoms with E-state index in [1.165, 1.54) is 42.5 Å². The number of ketones is 2. The molecule has 14 heteroatoms. The number of nitrogens with two attached hydrogens (primary N) is 1. The third-order valence-corrected chi connectivity index (χ3v) is 6.72. The van der Waals surface area contributed by atoms with Crippen molar-refractivity contribution < 1.29 is 35.5 Å². The third-order valence-electron chi connectivity index (χ3n) is 4.91. The van der Waals surface area contributed by atoms with Crippen LogP contribution in [0, 0.1) is 0 Å². The van der Waals surface area contributed by atoms with Crippen LogP contribution >= 0.6 is 0 Å². The van der Waals surface area contributed by atoms with Crippen LogP contribution in [0.25, 0.3) is 0 Å². The van der Waals surface area contributed by atoms with Crippen LogP contribution in [0.4, 0.5) is 17.1 Å². The van der Waals surface area contributed by atoms with E-state index in [2.05, 4.69) is 5.32 Å². The van der Waals surface area contributed by atoms with Gasteiger partial charge in [0.15, 0.2) is 11.6 Å². The standard InChI is InChI=1S/C20H14N2O8S2.2Na.2H/c21-18-15(32(28,29)30)9-13(22-12-7-3-4-8-14(12)31(25,26)27)16-17(18)20(24)11-6-2-1-5-10(11)19(16)23;;;;/h1-9,22H,21H2,(H,25,26,27)(H,28,29,30);;;;. The number of para-hydroxylation sites is 1. The summed E-state index contributed by atoms with van der Waals surface area (Å²) in [6.45, 7) is 0. The molecule has 0 unspecified atom stereocenters. The molecule has 1 aliphatic rings. The van der Waals surface area contributed by atoms with Gasteiger partial charge in [0.2, 0.25) is 0 Å². The van der Waals surface area contributed by atoms with Gasteiger partial charge in [0.05, 0.1) is 28.2 Å². The number of nitrogens with one attached hydrogen (secondary N) is 1. The molecule has 168 valence electrons. The first-order valence-corrected chi connectivity index (χ1v) is 11.7. The van der Waals surface area contributed by atoms with Crippen molar-refractivity contribution in [3.63, 3.8) is 0 Å². The van der Waals surface area contributed by atoms with E-state index in [0.717, 1.165) is 12.1 Å². The van der Waals surface area contributed by atoms with Gasteiger partial charge in [0.1, 0.15) is 9.79 Å². The van der Waals surface area contributed by atoms with Crippen molar-refractivity contribution in [2.75, 3.05) is 11.1 Å². The molecule has 0 saturated heterocycles. The van der Waals surface area contributed by atoms with Gasteiger partial charge in [0.25, 0.3) is 20.2 Å². The Kier molecular flexibility index (Phi) is 8.59. The number of hydrogen-bond donors (Lipinski definition) is 4. The van der Waals surface area contributed by atoms with Crippen molar-refractivity contribution in [1.29, 1.82) is 0 Å². The first-order chi connectivity index (χ1) is 14.9. The van der Waals surface area contributed by atoms with Crippen molar-refractivity contribution in [3.05, 3.63) is 76.9 Å². The number of anilines is 3. The van der Waals surface area contributed by atoms with Gasteiger partial charge in [-0.05, 0) is 18.2 Å². The molecule has 0 radical (unpaired) electrons. The van der Waals surface area contributed by atoms with Crippen LogP contribution in [0.5, 0.6) is 0 Å². The molecule has 0 aliphatic heterocycles. The quantitative estimate of drug-likeness (QED) is 0.171. The third kappa shape index (κ3) is 5.02. The summed E-state index contributed by atoms with van der Waals surface area (Å²) in [5.74, 6) is -1.42. The molecular formula is C20H16N2Na2O8S2. The summed E-state index contributed by atoms with van der Waals surface area (Å²) in [6, 6.07) is 11.7. The van der Waals surface area contributed by atoms with Gasteiger partial charge in [-0.25, -0.2) is 0 Å². The van der Waals surface area contributed by atoms with Crippen molar-refractivity contribution in [3.8, 4) is 0 Å². The maximum absolute atomic E-state index is 13.2. The molecule has 10 nitrogen and oxygen atoms in total. The second kappa shape index (κ2) is 10.2. The summed E-state index contributed by atoms with van der Waals surface area (Å²) in [4.78, 5) is 24.9. The molecule has 0 aromatic heterocycles. The molecule has 3 aromatic rings. The summed E-state index contributed by atoms with van der Waals surface area (Å²) in [5.41, 5.74) is 4.04. The molecule has 0 atom stereocenters. The van der Waals surface area contributed by atoms with Crippen LogP contribution in [-0.4, -0.2) is 96.6 Å². The predicted molar refractivity (Wildman–Crippen MR) is 128 cm³/mol. The number of nitrogen functional groups attached to an aromatic ring is 1. The number of benzene rings is 3. The Bertz CT molecular complexity index is 1550. The van der Waals surface area contributed by atoms with Crippen LogP contribution in [0.2, 0.25) is 0 Å². The molecule has 34 heavy (non-hydrogen) atoms. The van der Waals surface area contributed by atoms with Crippen molar-refractivity contribution in [2.24, 2.45) is 0 Å². The Morgan fingerprint density at radius 2 is 1.15 bits per heavy atom. The minimum atomic E-state index is -4.93. The molecule has 1 aliphatic carbocycles. The van der Waals surface area contributed by atoms with Crippen LogP contribution in [-0.2, 0) is 20.2 Å². The zero-order valence-electron chi connectivity index (χ0n) is 15.9. The Hall–Kier alpha value is -1.58. The van der Waals surface area contributed by atoms with Crippen molar-refractivity contribution in [1.82, 2.24) is 0 Å². The molecule has 0 heterocycles. The van der Waals surface area contributed by atoms with Gasteiger partial charge >= 0.3 is 59.1 Å². The number of rotatable bonds is 4. The monoisotopic (exact) mass is 522 g/mol. The van der Waals surface area contributed by atoms with E-state index in [1.807, 2.05) is 0 Å². The number of fused-ring (bicyclic) bond motifs is 2. The van der Waals surface area contributed by atoms with Gasteiger partial charge < -0.3 is 11.1 Å². The Morgan fingerprint density at radius 3 is 1.68 bits per heavy atom. The van der Waals surface area contributed by atoms with Gasteiger partial charge in [-0.1, -0.05) is 36.4 Å². The minimum absolute atomic E-state index is 0. The first-order valence-electron chi connectivity index (χ1n) is 8.87. The van der Waals surface area contributed by atoms with Gasteiger partial charge in [-0.15, -0.1) is 0 Å². The number of carbonyl (C=O) groups excluding carboxylic acids is 2. The van der Waals surface area contributed by atoms with Crippen LogP contribution in [0.3, 0.4) is 0 Å². The second-order valence-corrected chi connectivity index (χ2v) is 9.64. The zero-order valence-corrected chi connectivity index (χ0v) is 17.6. The fourth-order valence-corrected chi connectivity index (χ4v) is 4.84. The molecule has 3 aromatic carbocycles. The van der Waals surface area contributed by atoms with Crippen LogP contribution in [0.1, 0.15) is 31.8 Å². The summed E-state index contributed by atoms with van der Waals surface area (Å²) in [6.07, 6.45) is 0. The Labute approximate surface area is 239 Å². The van der Waals surface area contributed by atoms with E-state index in [4.69, 9.17) is 5.73 Å². The normalized spacial score (nSPS) is 12.6. The summed E-state index contributed by atoms with van der Waals surface area (Å²) < 4.78 is 66.4. The molecule has 0 saturated carbocycles. The first kappa shape index (κ1) is 28.7.